The molecule has 0 aliphatic carbocycles. The summed E-state index contributed by atoms with van der Waals surface area (Å²) in [5.74, 6) is -0.348. The van der Waals surface area contributed by atoms with E-state index in [1.807, 2.05) is 24.3 Å². The lowest BCUT2D eigenvalue weighted by Crippen LogP contribution is -2.27. The van der Waals surface area contributed by atoms with Gasteiger partial charge in [-0.3, -0.25) is 9.69 Å². The van der Waals surface area contributed by atoms with Gasteiger partial charge in [-0.05, 0) is 31.1 Å². The van der Waals surface area contributed by atoms with Gasteiger partial charge in [0.2, 0.25) is 0 Å². The molecule has 16 heavy (non-hydrogen) atoms. The maximum atomic E-state index is 11.1. The molecule has 3 heteroatoms. The second-order valence-corrected chi connectivity index (χ2v) is 4.53. The van der Waals surface area contributed by atoms with Crippen molar-refractivity contribution in [3.05, 3.63) is 35.4 Å². The molecule has 0 aromatic heterocycles. The highest BCUT2D eigenvalue weighted by molar-refractivity contribution is 5.75. The number of hydrogen-bond acceptors (Lipinski definition) is 2. The number of nitrogens with zero attached hydrogens (tertiary/aromatic N) is 1. The lowest BCUT2D eigenvalue weighted by Gasteiger charge is -2.20. The molecule has 0 unspecified atom stereocenters. The smallest absolute Gasteiger partial charge is 0.325 e. The Morgan fingerprint density at radius 1 is 1.12 bits per heavy atom. The fourth-order valence-electron chi connectivity index (χ4n) is 1.72. The molecule has 0 spiro atoms. The van der Waals surface area contributed by atoms with Crippen LogP contribution in [0.2, 0.25) is 0 Å². The SMILES string of the molecule is CC(C)c1ccc([C@H](C(=O)O)N(C)C)cc1. The van der Waals surface area contributed by atoms with Crippen LogP contribution in [0, 0.1) is 0 Å². The van der Waals surface area contributed by atoms with Crippen LogP contribution >= 0.6 is 0 Å². The molecule has 1 N–H and O–H groups in total. The van der Waals surface area contributed by atoms with Crippen LogP contribution in [0.1, 0.15) is 36.9 Å². The molecule has 1 aromatic carbocycles. The van der Waals surface area contributed by atoms with Crippen molar-refractivity contribution in [1.29, 1.82) is 0 Å². The number of carboxylic acid groups (broad SMARTS) is 1. The zero-order chi connectivity index (χ0) is 12.3. The van der Waals surface area contributed by atoms with Crippen molar-refractivity contribution in [3.63, 3.8) is 0 Å². The molecular formula is C13H19NO2. The lowest BCUT2D eigenvalue weighted by molar-refractivity contribution is -0.142. The largest absolute Gasteiger partial charge is 0.480 e. The van der Waals surface area contributed by atoms with Crippen LogP contribution in [0.5, 0.6) is 0 Å². The van der Waals surface area contributed by atoms with E-state index in [-0.39, 0.29) is 0 Å². The van der Waals surface area contributed by atoms with Gasteiger partial charge >= 0.3 is 5.97 Å². The van der Waals surface area contributed by atoms with Gasteiger partial charge in [0.15, 0.2) is 0 Å². The summed E-state index contributed by atoms with van der Waals surface area (Å²) < 4.78 is 0. The summed E-state index contributed by atoms with van der Waals surface area (Å²) in [6.07, 6.45) is 0. The third-order valence-electron chi connectivity index (χ3n) is 2.67. The van der Waals surface area contributed by atoms with Crippen LogP contribution < -0.4 is 0 Å². The lowest BCUT2D eigenvalue weighted by atomic mass is 9.99. The van der Waals surface area contributed by atoms with E-state index in [1.165, 1.54) is 5.56 Å². The molecule has 0 aliphatic rings. The number of aliphatic carboxylic acids is 1. The summed E-state index contributed by atoms with van der Waals surface area (Å²) in [5.41, 5.74) is 2.05. The Labute approximate surface area is 96.7 Å². The molecule has 0 radical (unpaired) electrons. The predicted octanol–water partition coefficient (Wildman–Crippen LogP) is 2.50. The van der Waals surface area contributed by atoms with Crippen LogP contribution in [0.3, 0.4) is 0 Å². The van der Waals surface area contributed by atoms with Crippen LogP contribution in [-0.4, -0.2) is 30.1 Å². The van der Waals surface area contributed by atoms with Gasteiger partial charge in [0.25, 0.3) is 0 Å². The quantitative estimate of drug-likeness (QED) is 0.849. The van der Waals surface area contributed by atoms with Gasteiger partial charge in [-0.2, -0.15) is 0 Å². The molecular weight excluding hydrogens is 202 g/mol. The molecule has 88 valence electrons. The number of carbonyl (C=O) groups is 1. The van der Waals surface area contributed by atoms with Crippen LogP contribution in [0.15, 0.2) is 24.3 Å². The van der Waals surface area contributed by atoms with Gasteiger partial charge in [0.05, 0.1) is 0 Å². The molecule has 3 nitrogen and oxygen atoms in total. The van der Waals surface area contributed by atoms with Gasteiger partial charge in [-0.15, -0.1) is 0 Å². The first-order chi connectivity index (χ1) is 7.43. The monoisotopic (exact) mass is 221 g/mol. The van der Waals surface area contributed by atoms with E-state index in [0.29, 0.717) is 5.92 Å². The zero-order valence-electron chi connectivity index (χ0n) is 10.3. The van der Waals surface area contributed by atoms with Gasteiger partial charge < -0.3 is 5.11 Å². The summed E-state index contributed by atoms with van der Waals surface area (Å²) in [7, 11) is 3.55. The van der Waals surface area contributed by atoms with E-state index in [9.17, 15) is 4.79 Å². The van der Waals surface area contributed by atoms with E-state index in [1.54, 1.807) is 19.0 Å². The minimum atomic E-state index is -0.817. The first-order valence-corrected chi connectivity index (χ1v) is 5.42. The molecule has 0 aliphatic heterocycles. The van der Waals surface area contributed by atoms with Gasteiger partial charge in [-0.1, -0.05) is 38.1 Å². The van der Waals surface area contributed by atoms with E-state index < -0.39 is 12.0 Å². The highest BCUT2D eigenvalue weighted by atomic mass is 16.4. The standard InChI is InChI=1S/C13H19NO2/c1-9(2)10-5-7-11(8-6-10)12(13(15)16)14(3)4/h5-9,12H,1-4H3,(H,15,16)/t12-/m1/s1. The normalized spacial score (nSPS) is 13.1. The van der Waals surface area contributed by atoms with E-state index >= 15 is 0 Å². The van der Waals surface area contributed by atoms with E-state index in [0.717, 1.165) is 5.56 Å². The average Bonchev–Trinajstić information content (AvgIpc) is 2.17. The summed E-state index contributed by atoms with van der Waals surface area (Å²) in [5, 5.41) is 9.13. The summed E-state index contributed by atoms with van der Waals surface area (Å²) in [6, 6.07) is 7.22. The van der Waals surface area contributed by atoms with Crippen molar-refractivity contribution in [2.24, 2.45) is 0 Å². The third kappa shape index (κ3) is 2.83. The number of likely N-dealkylation sites (N-methyl/N-ethyl adjacent to an activating group) is 1. The van der Waals surface area contributed by atoms with Crippen LogP contribution in [0.25, 0.3) is 0 Å². The Kier molecular flexibility index (Phi) is 4.07. The summed E-state index contributed by atoms with van der Waals surface area (Å²) >= 11 is 0. The van der Waals surface area contributed by atoms with Crippen molar-refractivity contribution in [1.82, 2.24) is 4.90 Å². The molecule has 0 bridgehead atoms. The van der Waals surface area contributed by atoms with Gasteiger partial charge in [0.1, 0.15) is 6.04 Å². The fraction of sp³-hybridized carbons (Fsp3) is 0.462. The third-order valence-corrected chi connectivity index (χ3v) is 2.67. The maximum Gasteiger partial charge on any atom is 0.325 e. The van der Waals surface area contributed by atoms with Crippen molar-refractivity contribution < 1.29 is 9.90 Å². The summed E-state index contributed by atoms with van der Waals surface area (Å²) in [4.78, 5) is 12.8. The Balaban J connectivity index is 2.99. The Morgan fingerprint density at radius 3 is 1.88 bits per heavy atom. The van der Waals surface area contributed by atoms with E-state index in [4.69, 9.17) is 5.11 Å². The minimum absolute atomic E-state index is 0.469. The Bertz CT molecular complexity index is 355. The van der Waals surface area contributed by atoms with Crippen LogP contribution in [-0.2, 0) is 4.79 Å². The summed E-state index contributed by atoms with van der Waals surface area (Å²) in [6.45, 7) is 4.24. The van der Waals surface area contributed by atoms with Crippen molar-refractivity contribution in [2.45, 2.75) is 25.8 Å². The minimum Gasteiger partial charge on any atom is -0.480 e. The Morgan fingerprint density at radius 2 is 1.56 bits per heavy atom. The molecule has 0 saturated heterocycles. The topological polar surface area (TPSA) is 40.5 Å². The first kappa shape index (κ1) is 12.7. The fourth-order valence-corrected chi connectivity index (χ4v) is 1.72. The second-order valence-electron chi connectivity index (χ2n) is 4.53. The first-order valence-electron chi connectivity index (χ1n) is 5.42. The van der Waals surface area contributed by atoms with Crippen molar-refractivity contribution in [2.75, 3.05) is 14.1 Å². The Hall–Kier alpha value is -1.35. The predicted molar refractivity (Wildman–Crippen MR) is 64.6 cm³/mol. The molecule has 0 heterocycles. The molecule has 0 amide bonds. The second kappa shape index (κ2) is 5.12. The van der Waals surface area contributed by atoms with Gasteiger partial charge in [-0.25, -0.2) is 0 Å². The number of benzene rings is 1. The van der Waals surface area contributed by atoms with Gasteiger partial charge in [0, 0.05) is 0 Å². The molecule has 0 fully saturated rings. The number of rotatable bonds is 4. The number of hydrogen-bond donors (Lipinski definition) is 1. The average molecular weight is 221 g/mol. The van der Waals surface area contributed by atoms with E-state index in [2.05, 4.69) is 13.8 Å². The molecule has 1 atom stereocenters. The molecule has 0 saturated carbocycles. The highest BCUT2D eigenvalue weighted by Gasteiger charge is 2.21. The molecule has 1 rings (SSSR count). The maximum absolute atomic E-state index is 11.1. The molecule has 1 aromatic rings. The number of carboxylic acids is 1. The van der Waals surface area contributed by atoms with Crippen molar-refractivity contribution >= 4 is 5.97 Å². The zero-order valence-corrected chi connectivity index (χ0v) is 10.3. The highest BCUT2D eigenvalue weighted by Crippen LogP contribution is 2.21. The van der Waals surface area contributed by atoms with Crippen LogP contribution in [0.4, 0.5) is 0 Å². The van der Waals surface area contributed by atoms with Crippen molar-refractivity contribution in [3.8, 4) is 0 Å².